The van der Waals surface area contributed by atoms with Gasteiger partial charge < -0.3 is 10.6 Å². The average molecular weight is 295 g/mol. The summed E-state index contributed by atoms with van der Waals surface area (Å²) < 4.78 is 13.5. The molecular formula is C14H18FN3O3. The lowest BCUT2D eigenvalue weighted by Gasteiger charge is -2.36. The zero-order valence-electron chi connectivity index (χ0n) is 12.0. The Balaban J connectivity index is 2.37. The lowest BCUT2D eigenvalue weighted by molar-refractivity contribution is -0.384. The number of nitrogen functional groups attached to an aromatic ring is 1. The molecule has 1 aliphatic rings. The Bertz CT molecular complexity index is 591. The van der Waals surface area contributed by atoms with Crippen molar-refractivity contribution < 1.29 is 14.1 Å². The van der Waals surface area contributed by atoms with Crippen LogP contribution in [-0.4, -0.2) is 28.3 Å². The highest BCUT2D eigenvalue weighted by atomic mass is 19.1. The number of hydrogen-bond acceptors (Lipinski definition) is 4. The van der Waals surface area contributed by atoms with Gasteiger partial charge in [0.25, 0.3) is 11.6 Å². The zero-order valence-corrected chi connectivity index (χ0v) is 12.0. The largest absolute Gasteiger partial charge is 0.393 e. The summed E-state index contributed by atoms with van der Waals surface area (Å²) in [6, 6.07) is 1.70. The van der Waals surface area contributed by atoms with Crippen LogP contribution in [0.3, 0.4) is 0 Å². The second-order valence-electron chi connectivity index (χ2n) is 5.62. The first-order chi connectivity index (χ1) is 9.81. The van der Waals surface area contributed by atoms with Gasteiger partial charge in [0, 0.05) is 12.6 Å². The summed E-state index contributed by atoms with van der Waals surface area (Å²) in [6.07, 6.45) is 1.70. The first-order valence-electron chi connectivity index (χ1n) is 6.85. The molecule has 0 spiro atoms. The number of carbonyl (C=O) groups excluding carboxylic acids is 1. The summed E-state index contributed by atoms with van der Waals surface area (Å²) in [5.41, 5.74) is 4.69. The molecular weight excluding hydrogens is 277 g/mol. The van der Waals surface area contributed by atoms with Gasteiger partial charge in [0.1, 0.15) is 11.5 Å². The molecule has 1 saturated heterocycles. The van der Waals surface area contributed by atoms with E-state index in [9.17, 15) is 19.3 Å². The van der Waals surface area contributed by atoms with Crippen molar-refractivity contribution >= 4 is 17.3 Å². The molecule has 0 aliphatic carbocycles. The van der Waals surface area contributed by atoms with Gasteiger partial charge in [-0.2, -0.15) is 0 Å². The quantitative estimate of drug-likeness (QED) is 0.516. The molecule has 1 heterocycles. The second kappa shape index (κ2) is 5.67. The van der Waals surface area contributed by atoms with Crippen molar-refractivity contribution in [3.05, 3.63) is 33.6 Å². The van der Waals surface area contributed by atoms with Crippen LogP contribution in [0.1, 0.15) is 37.0 Å². The highest BCUT2D eigenvalue weighted by molar-refractivity contribution is 6.01. The molecule has 0 radical (unpaired) electrons. The number of carbonyl (C=O) groups is 1. The predicted octanol–water partition coefficient (Wildman–Crippen LogP) is 2.58. The summed E-state index contributed by atoms with van der Waals surface area (Å²) in [4.78, 5) is 24.2. The van der Waals surface area contributed by atoms with Crippen molar-refractivity contribution in [2.75, 3.05) is 12.3 Å². The van der Waals surface area contributed by atoms with Crippen LogP contribution in [0.5, 0.6) is 0 Å². The number of halogens is 1. The third-order valence-corrected chi connectivity index (χ3v) is 3.95. The SMILES string of the molecule is CC1CCN(C(=O)c2cc(F)cc([N+](=O)[O-])c2N)C(C)C1. The monoisotopic (exact) mass is 295 g/mol. The topological polar surface area (TPSA) is 89.5 Å². The van der Waals surface area contributed by atoms with Crippen molar-refractivity contribution in [3.8, 4) is 0 Å². The number of benzene rings is 1. The molecule has 2 unspecified atom stereocenters. The van der Waals surface area contributed by atoms with Crippen LogP contribution >= 0.6 is 0 Å². The van der Waals surface area contributed by atoms with Crippen molar-refractivity contribution in [1.29, 1.82) is 0 Å². The molecule has 0 saturated carbocycles. The predicted molar refractivity (Wildman–Crippen MR) is 76.4 cm³/mol. The molecule has 6 nitrogen and oxygen atoms in total. The van der Waals surface area contributed by atoms with Gasteiger partial charge in [0.15, 0.2) is 0 Å². The molecule has 2 atom stereocenters. The van der Waals surface area contributed by atoms with Gasteiger partial charge in [0.05, 0.1) is 16.6 Å². The first-order valence-corrected chi connectivity index (χ1v) is 6.85. The van der Waals surface area contributed by atoms with Crippen LogP contribution in [0.4, 0.5) is 15.8 Å². The Morgan fingerprint density at radius 2 is 2.14 bits per heavy atom. The molecule has 114 valence electrons. The minimum absolute atomic E-state index is 0.00275. The third kappa shape index (κ3) is 2.96. The number of nitro groups is 1. The summed E-state index contributed by atoms with van der Waals surface area (Å²) in [7, 11) is 0. The summed E-state index contributed by atoms with van der Waals surface area (Å²) >= 11 is 0. The van der Waals surface area contributed by atoms with E-state index in [1.165, 1.54) is 0 Å². The van der Waals surface area contributed by atoms with Gasteiger partial charge in [-0.1, -0.05) is 6.92 Å². The van der Waals surface area contributed by atoms with Gasteiger partial charge in [-0.25, -0.2) is 4.39 Å². The van der Waals surface area contributed by atoms with Crippen LogP contribution in [-0.2, 0) is 0 Å². The number of piperidine rings is 1. The number of nitro benzene ring substituents is 1. The fraction of sp³-hybridized carbons (Fsp3) is 0.500. The first kappa shape index (κ1) is 15.2. The lowest BCUT2D eigenvalue weighted by Crippen LogP contribution is -2.44. The number of likely N-dealkylation sites (tertiary alicyclic amines) is 1. The average Bonchev–Trinajstić information content (AvgIpc) is 2.40. The zero-order chi connectivity index (χ0) is 15.7. The molecule has 2 N–H and O–H groups in total. The van der Waals surface area contributed by atoms with Crippen LogP contribution in [0, 0.1) is 21.8 Å². The highest BCUT2D eigenvalue weighted by Gasteiger charge is 2.30. The molecule has 1 aromatic rings. The summed E-state index contributed by atoms with van der Waals surface area (Å²) in [5, 5.41) is 10.9. The Labute approximate surface area is 121 Å². The van der Waals surface area contributed by atoms with E-state index in [1.807, 2.05) is 6.92 Å². The fourth-order valence-electron chi connectivity index (χ4n) is 2.80. The molecule has 1 fully saturated rings. The van der Waals surface area contributed by atoms with E-state index in [1.54, 1.807) is 4.90 Å². The van der Waals surface area contributed by atoms with E-state index in [4.69, 9.17) is 5.73 Å². The number of rotatable bonds is 2. The van der Waals surface area contributed by atoms with E-state index >= 15 is 0 Å². The van der Waals surface area contributed by atoms with Crippen LogP contribution in [0.25, 0.3) is 0 Å². The van der Waals surface area contributed by atoms with Crippen molar-refractivity contribution in [1.82, 2.24) is 4.90 Å². The lowest BCUT2D eigenvalue weighted by atomic mass is 9.92. The number of nitrogens with zero attached hydrogens (tertiary/aromatic N) is 2. The van der Waals surface area contributed by atoms with Crippen LogP contribution in [0.2, 0.25) is 0 Å². The number of anilines is 1. The van der Waals surface area contributed by atoms with Crippen LogP contribution < -0.4 is 5.73 Å². The molecule has 7 heteroatoms. The van der Waals surface area contributed by atoms with Gasteiger partial charge in [-0.15, -0.1) is 0 Å². The molecule has 1 aromatic carbocycles. The maximum absolute atomic E-state index is 13.5. The maximum atomic E-state index is 13.5. The van der Waals surface area contributed by atoms with Crippen molar-refractivity contribution in [2.24, 2.45) is 5.92 Å². The minimum Gasteiger partial charge on any atom is -0.393 e. The van der Waals surface area contributed by atoms with Crippen molar-refractivity contribution in [3.63, 3.8) is 0 Å². The molecule has 21 heavy (non-hydrogen) atoms. The Kier molecular flexibility index (Phi) is 4.11. The molecule has 0 bridgehead atoms. The van der Waals surface area contributed by atoms with Crippen LogP contribution in [0.15, 0.2) is 12.1 Å². The molecule has 2 rings (SSSR count). The molecule has 0 aromatic heterocycles. The van der Waals surface area contributed by atoms with Gasteiger partial charge in [-0.3, -0.25) is 14.9 Å². The Morgan fingerprint density at radius 1 is 1.48 bits per heavy atom. The highest BCUT2D eigenvalue weighted by Crippen LogP contribution is 2.30. The number of amides is 1. The third-order valence-electron chi connectivity index (χ3n) is 3.95. The number of nitrogens with two attached hydrogens (primary N) is 1. The molecule has 1 aliphatic heterocycles. The number of hydrogen-bond donors (Lipinski definition) is 1. The van der Waals surface area contributed by atoms with Gasteiger partial charge >= 0.3 is 0 Å². The van der Waals surface area contributed by atoms with Gasteiger partial charge in [-0.05, 0) is 31.7 Å². The maximum Gasteiger partial charge on any atom is 0.295 e. The minimum atomic E-state index is -0.836. The fourth-order valence-corrected chi connectivity index (χ4v) is 2.80. The summed E-state index contributed by atoms with van der Waals surface area (Å²) in [6.45, 7) is 4.57. The normalized spacial score (nSPS) is 22.1. The van der Waals surface area contributed by atoms with E-state index in [2.05, 4.69) is 6.92 Å². The standard InChI is InChI=1S/C14H18FN3O3/c1-8-3-4-17(9(2)5-8)14(19)11-6-10(15)7-12(13(11)16)18(20)21/h6-9H,3-5,16H2,1-2H3. The Hall–Kier alpha value is -2.18. The Morgan fingerprint density at radius 3 is 2.71 bits per heavy atom. The van der Waals surface area contributed by atoms with Gasteiger partial charge in [0.2, 0.25) is 0 Å². The van der Waals surface area contributed by atoms with E-state index in [0.717, 1.165) is 25.0 Å². The smallest absolute Gasteiger partial charge is 0.295 e. The van der Waals surface area contributed by atoms with E-state index in [0.29, 0.717) is 12.5 Å². The molecule has 1 amide bonds. The van der Waals surface area contributed by atoms with Crippen molar-refractivity contribution in [2.45, 2.75) is 32.7 Å². The second-order valence-corrected chi connectivity index (χ2v) is 5.62. The summed E-state index contributed by atoms with van der Waals surface area (Å²) in [5.74, 6) is -0.768. The van der Waals surface area contributed by atoms with E-state index < -0.39 is 22.3 Å². The van der Waals surface area contributed by atoms with E-state index in [-0.39, 0.29) is 17.3 Å².